The third kappa shape index (κ3) is 6.59. The standard InChI is InChI=1S/C27H37N3O4/c1-10-16-32-26(31)34-20(5)33-25(24-18(3)19(4)29-30(24)11-2)23(17-28-9)21-12-14-22(15-13-21)27(6,7)8/h10,12-15,17,20H,1,11,16H2,2-9H3/b25-23-,28-17-. The van der Waals surface area contributed by atoms with Crippen LogP contribution < -0.4 is 0 Å². The zero-order valence-corrected chi connectivity index (χ0v) is 21.6. The molecule has 184 valence electrons. The molecule has 1 unspecified atom stereocenters. The van der Waals surface area contributed by atoms with Gasteiger partial charge in [0.25, 0.3) is 0 Å². The highest BCUT2D eigenvalue weighted by atomic mass is 16.8. The lowest BCUT2D eigenvalue weighted by molar-refractivity contribution is -0.0648. The highest BCUT2D eigenvalue weighted by Gasteiger charge is 2.24. The van der Waals surface area contributed by atoms with Gasteiger partial charge < -0.3 is 14.2 Å². The third-order valence-corrected chi connectivity index (χ3v) is 5.37. The van der Waals surface area contributed by atoms with Crippen LogP contribution in [-0.2, 0) is 26.2 Å². The molecule has 1 atom stereocenters. The van der Waals surface area contributed by atoms with Crippen LogP contribution in [0.25, 0.3) is 11.3 Å². The molecular weight excluding hydrogens is 430 g/mol. The number of hydrogen-bond acceptors (Lipinski definition) is 6. The molecule has 0 saturated heterocycles. The largest absolute Gasteiger partial charge is 0.511 e. The van der Waals surface area contributed by atoms with Crippen molar-refractivity contribution in [1.82, 2.24) is 9.78 Å². The number of aromatic nitrogens is 2. The normalized spacial score (nSPS) is 13.4. The number of nitrogens with zero attached hydrogens (tertiary/aromatic N) is 3. The van der Waals surface area contributed by atoms with Gasteiger partial charge in [-0.15, -0.1) is 0 Å². The molecule has 34 heavy (non-hydrogen) atoms. The van der Waals surface area contributed by atoms with E-state index in [1.165, 1.54) is 11.6 Å². The zero-order chi connectivity index (χ0) is 25.5. The number of benzene rings is 1. The van der Waals surface area contributed by atoms with Gasteiger partial charge in [-0.2, -0.15) is 5.10 Å². The van der Waals surface area contributed by atoms with Crippen molar-refractivity contribution in [3.63, 3.8) is 0 Å². The first-order valence-electron chi connectivity index (χ1n) is 11.5. The lowest BCUT2D eigenvalue weighted by Crippen LogP contribution is -2.20. The molecule has 1 aromatic heterocycles. The van der Waals surface area contributed by atoms with E-state index in [4.69, 9.17) is 14.2 Å². The number of aryl methyl sites for hydroxylation is 2. The summed E-state index contributed by atoms with van der Waals surface area (Å²) in [5.41, 5.74) is 5.62. The van der Waals surface area contributed by atoms with E-state index < -0.39 is 12.4 Å². The lowest BCUT2D eigenvalue weighted by atomic mass is 9.86. The summed E-state index contributed by atoms with van der Waals surface area (Å²) in [6.07, 6.45) is 1.48. The second kappa shape index (κ2) is 11.7. The molecule has 0 aliphatic carbocycles. The van der Waals surface area contributed by atoms with Crippen molar-refractivity contribution in [1.29, 1.82) is 0 Å². The fourth-order valence-corrected chi connectivity index (χ4v) is 3.46. The minimum Gasteiger partial charge on any atom is -0.452 e. The first-order chi connectivity index (χ1) is 16.0. The zero-order valence-electron chi connectivity index (χ0n) is 21.6. The van der Waals surface area contributed by atoms with Gasteiger partial charge in [0.15, 0.2) is 5.76 Å². The molecule has 0 amide bonds. The Hall–Kier alpha value is -3.35. The number of rotatable bonds is 9. The summed E-state index contributed by atoms with van der Waals surface area (Å²) >= 11 is 0. The molecule has 0 radical (unpaired) electrons. The Labute approximate surface area is 203 Å². The second-order valence-electron chi connectivity index (χ2n) is 8.99. The number of hydrogen-bond donors (Lipinski definition) is 0. The lowest BCUT2D eigenvalue weighted by Gasteiger charge is -2.22. The van der Waals surface area contributed by atoms with E-state index in [1.807, 2.05) is 25.5 Å². The van der Waals surface area contributed by atoms with Crippen LogP contribution in [0.15, 0.2) is 41.9 Å². The molecule has 2 rings (SSSR count). The smallest absolute Gasteiger partial charge is 0.452 e. The molecule has 1 heterocycles. The second-order valence-corrected chi connectivity index (χ2v) is 8.99. The average Bonchev–Trinajstić information content (AvgIpc) is 3.07. The summed E-state index contributed by atoms with van der Waals surface area (Å²) in [7, 11) is 1.71. The van der Waals surface area contributed by atoms with Crippen LogP contribution in [0.2, 0.25) is 0 Å². The number of aliphatic imine (C=N–C) groups is 1. The maximum atomic E-state index is 12.0. The molecule has 0 saturated carbocycles. The Morgan fingerprint density at radius 3 is 2.38 bits per heavy atom. The van der Waals surface area contributed by atoms with Crippen molar-refractivity contribution >= 4 is 23.7 Å². The summed E-state index contributed by atoms with van der Waals surface area (Å²) in [6.45, 7) is 18.4. The van der Waals surface area contributed by atoms with Gasteiger partial charge in [0, 0.05) is 37.9 Å². The average molecular weight is 468 g/mol. The van der Waals surface area contributed by atoms with E-state index in [1.54, 1.807) is 20.2 Å². The summed E-state index contributed by atoms with van der Waals surface area (Å²) in [4.78, 5) is 16.3. The summed E-state index contributed by atoms with van der Waals surface area (Å²) < 4.78 is 18.4. The van der Waals surface area contributed by atoms with Crippen molar-refractivity contribution in [3.05, 3.63) is 65.0 Å². The first-order valence-corrected chi connectivity index (χ1v) is 11.5. The third-order valence-electron chi connectivity index (χ3n) is 5.37. The number of allylic oxidation sites excluding steroid dienone is 1. The monoisotopic (exact) mass is 467 g/mol. The Morgan fingerprint density at radius 1 is 1.21 bits per heavy atom. The van der Waals surface area contributed by atoms with E-state index in [0.29, 0.717) is 12.3 Å². The molecule has 0 fully saturated rings. The SMILES string of the molecule is C=CCOC(=O)OC(C)O/C(=C(/C=N\C)c1ccc(C(C)(C)C)cc1)c1c(C)c(C)nn1CC. The highest BCUT2D eigenvalue weighted by Crippen LogP contribution is 2.32. The van der Waals surface area contributed by atoms with Crippen LogP contribution in [-0.4, -0.2) is 42.1 Å². The summed E-state index contributed by atoms with van der Waals surface area (Å²) in [5, 5.41) is 4.66. The summed E-state index contributed by atoms with van der Waals surface area (Å²) in [6, 6.07) is 8.33. The fraction of sp³-hybridized carbons (Fsp3) is 0.444. The Balaban J connectivity index is 2.65. The fourth-order valence-electron chi connectivity index (χ4n) is 3.46. The van der Waals surface area contributed by atoms with E-state index in [2.05, 4.69) is 61.7 Å². The molecule has 0 aliphatic heterocycles. The van der Waals surface area contributed by atoms with Gasteiger partial charge in [0.05, 0.1) is 5.69 Å². The molecule has 2 aromatic rings. The molecule has 1 aromatic carbocycles. The molecule has 7 heteroatoms. The molecule has 0 spiro atoms. The van der Waals surface area contributed by atoms with Gasteiger partial charge in [-0.3, -0.25) is 9.67 Å². The van der Waals surface area contributed by atoms with Crippen LogP contribution in [0, 0.1) is 13.8 Å². The van der Waals surface area contributed by atoms with Crippen molar-refractivity contribution in [2.75, 3.05) is 13.7 Å². The summed E-state index contributed by atoms with van der Waals surface area (Å²) in [5.74, 6) is 0.526. The number of carbonyl (C=O) groups is 1. The first kappa shape index (κ1) is 26.9. The molecule has 0 aliphatic rings. The molecule has 0 N–H and O–H groups in total. The van der Waals surface area contributed by atoms with E-state index >= 15 is 0 Å². The van der Waals surface area contributed by atoms with Gasteiger partial charge >= 0.3 is 6.16 Å². The van der Waals surface area contributed by atoms with Crippen molar-refractivity contribution in [3.8, 4) is 0 Å². The van der Waals surface area contributed by atoms with Crippen LogP contribution in [0.1, 0.15) is 62.7 Å². The Kier molecular flexibility index (Phi) is 9.24. The number of carbonyl (C=O) groups excluding carboxylic acids is 1. The minimum absolute atomic E-state index is 0.0310. The van der Waals surface area contributed by atoms with Gasteiger partial charge in [-0.05, 0) is 37.3 Å². The van der Waals surface area contributed by atoms with Gasteiger partial charge in [-0.25, -0.2) is 4.79 Å². The van der Waals surface area contributed by atoms with E-state index in [-0.39, 0.29) is 12.0 Å². The Morgan fingerprint density at radius 2 is 1.85 bits per heavy atom. The topological polar surface area (TPSA) is 74.9 Å². The van der Waals surface area contributed by atoms with Crippen LogP contribution in [0.3, 0.4) is 0 Å². The van der Waals surface area contributed by atoms with Crippen molar-refractivity contribution in [2.24, 2.45) is 4.99 Å². The van der Waals surface area contributed by atoms with Gasteiger partial charge in [-0.1, -0.05) is 57.7 Å². The molecule has 0 bridgehead atoms. The van der Waals surface area contributed by atoms with Crippen LogP contribution in [0.5, 0.6) is 0 Å². The van der Waals surface area contributed by atoms with Crippen LogP contribution in [0.4, 0.5) is 4.79 Å². The Bertz CT molecular complexity index is 1060. The minimum atomic E-state index is -0.915. The predicted octanol–water partition coefficient (Wildman–Crippen LogP) is 6.09. The van der Waals surface area contributed by atoms with Crippen LogP contribution >= 0.6 is 0 Å². The maximum absolute atomic E-state index is 12.0. The van der Waals surface area contributed by atoms with Gasteiger partial charge in [0.1, 0.15) is 12.3 Å². The maximum Gasteiger partial charge on any atom is 0.511 e. The number of ether oxygens (including phenoxy) is 3. The van der Waals surface area contributed by atoms with Crippen molar-refractivity contribution < 1.29 is 19.0 Å². The molecular formula is C27H37N3O4. The predicted molar refractivity (Wildman–Crippen MR) is 137 cm³/mol. The van der Waals surface area contributed by atoms with Gasteiger partial charge in [0.2, 0.25) is 6.29 Å². The van der Waals surface area contributed by atoms with Crippen molar-refractivity contribution in [2.45, 2.75) is 66.7 Å². The quantitative estimate of drug-likeness (QED) is 0.147. The van der Waals surface area contributed by atoms with E-state index in [9.17, 15) is 4.79 Å². The molecule has 7 nitrogen and oxygen atoms in total. The highest BCUT2D eigenvalue weighted by molar-refractivity contribution is 6.18. The van der Waals surface area contributed by atoms with E-state index in [0.717, 1.165) is 28.1 Å².